The van der Waals surface area contributed by atoms with Crippen LogP contribution in [0.1, 0.15) is 32.2 Å². The summed E-state index contributed by atoms with van der Waals surface area (Å²) in [5, 5.41) is 2.49. The second-order valence-electron chi connectivity index (χ2n) is 9.41. The maximum atomic E-state index is 13.6. The van der Waals surface area contributed by atoms with Crippen molar-refractivity contribution in [2.24, 2.45) is 0 Å². The molecule has 9 nitrogen and oxygen atoms in total. The lowest BCUT2D eigenvalue weighted by atomic mass is 10.1. The summed E-state index contributed by atoms with van der Waals surface area (Å²) >= 11 is 9.28. The molecule has 0 bridgehead atoms. The number of nitrogens with one attached hydrogen (secondary N) is 2. The van der Waals surface area contributed by atoms with Crippen LogP contribution in [-0.4, -0.2) is 45.6 Å². The third kappa shape index (κ3) is 8.56. The number of ether oxygens (including phenoxy) is 2. The highest BCUT2D eigenvalue weighted by molar-refractivity contribution is 9.10. The molecule has 1 aromatic heterocycles. The molecule has 3 rings (SSSR count). The van der Waals surface area contributed by atoms with E-state index < -0.39 is 29.5 Å². The van der Waals surface area contributed by atoms with Crippen LogP contribution in [0.25, 0.3) is 0 Å². The molecule has 12 heteroatoms. The Bertz CT molecular complexity index is 1380. The summed E-state index contributed by atoms with van der Waals surface area (Å²) in [6.45, 7) is 5.21. The zero-order valence-electron chi connectivity index (χ0n) is 21.2. The normalized spacial score (nSPS) is 12.0. The van der Waals surface area contributed by atoms with Crippen LogP contribution in [0.4, 0.5) is 9.18 Å². The number of alkyl carbamates (subject to hydrolysis) is 1. The van der Waals surface area contributed by atoms with Gasteiger partial charge in [0.1, 0.15) is 34.8 Å². The Kier molecular flexibility index (Phi) is 9.50. The second kappa shape index (κ2) is 12.4. The van der Waals surface area contributed by atoms with Crippen molar-refractivity contribution in [2.75, 3.05) is 7.05 Å². The number of carbonyl (C=O) groups excluding carboxylic acids is 2. The van der Waals surface area contributed by atoms with Gasteiger partial charge in [-0.15, -0.1) is 0 Å². The largest absolute Gasteiger partial charge is 0.457 e. The number of halogens is 3. The third-order valence-electron chi connectivity index (χ3n) is 5.04. The zero-order valence-corrected chi connectivity index (χ0v) is 23.5. The predicted molar refractivity (Wildman–Crippen MR) is 144 cm³/mol. The van der Waals surface area contributed by atoms with Crippen LogP contribution in [-0.2, 0) is 22.5 Å². The number of aromatic nitrogens is 2. The Morgan fingerprint density at radius 3 is 2.61 bits per heavy atom. The molecule has 0 aliphatic rings. The van der Waals surface area contributed by atoms with Crippen molar-refractivity contribution >= 4 is 39.5 Å². The van der Waals surface area contributed by atoms with E-state index in [-0.39, 0.29) is 29.4 Å². The number of nitrogens with zero attached hydrogens (tertiary/aromatic N) is 2. The molecule has 0 aliphatic carbocycles. The van der Waals surface area contributed by atoms with E-state index in [0.29, 0.717) is 17.1 Å². The number of carbonyl (C=O) groups is 2. The molecule has 1 atom stereocenters. The van der Waals surface area contributed by atoms with E-state index in [2.05, 4.69) is 31.2 Å². The molecule has 0 saturated heterocycles. The molecular formula is C26H27BrClFN4O5. The van der Waals surface area contributed by atoms with E-state index in [1.165, 1.54) is 35.4 Å². The van der Waals surface area contributed by atoms with Crippen LogP contribution in [0.15, 0.2) is 57.9 Å². The average Bonchev–Trinajstić information content (AvgIpc) is 2.81. The number of hydrogen-bond acceptors (Lipinski definition) is 6. The molecule has 2 N–H and O–H groups in total. The highest BCUT2D eigenvalue weighted by atomic mass is 79.9. The molecule has 0 radical (unpaired) electrons. The molecule has 0 fully saturated rings. The van der Waals surface area contributed by atoms with Crippen LogP contribution in [0.5, 0.6) is 11.5 Å². The van der Waals surface area contributed by atoms with Crippen molar-refractivity contribution in [3.63, 3.8) is 0 Å². The Morgan fingerprint density at radius 2 is 1.95 bits per heavy atom. The van der Waals surface area contributed by atoms with Crippen molar-refractivity contribution in [1.29, 1.82) is 0 Å². The first-order valence-electron chi connectivity index (χ1n) is 11.5. The minimum absolute atomic E-state index is 0.0731. The number of H-pyrrole nitrogens is 1. The Morgan fingerprint density at radius 1 is 1.21 bits per heavy atom. The minimum Gasteiger partial charge on any atom is -0.457 e. The van der Waals surface area contributed by atoms with Gasteiger partial charge in [0.2, 0.25) is 5.91 Å². The monoisotopic (exact) mass is 608 g/mol. The van der Waals surface area contributed by atoms with Gasteiger partial charge in [-0.05, 0) is 45.0 Å². The molecule has 38 heavy (non-hydrogen) atoms. The van der Waals surface area contributed by atoms with Crippen molar-refractivity contribution in [1.82, 2.24) is 20.2 Å². The summed E-state index contributed by atoms with van der Waals surface area (Å²) in [6, 6.07) is 9.40. The van der Waals surface area contributed by atoms with Crippen LogP contribution in [0.3, 0.4) is 0 Å². The lowest BCUT2D eigenvalue weighted by Crippen LogP contribution is -2.50. The fraction of sp³-hybridized carbons (Fsp3) is 0.308. The van der Waals surface area contributed by atoms with Gasteiger partial charge in [0.15, 0.2) is 0 Å². The molecule has 0 spiro atoms. The maximum absolute atomic E-state index is 13.6. The van der Waals surface area contributed by atoms with Crippen LogP contribution in [0, 0.1) is 5.82 Å². The third-order valence-corrected chi connectivity index (χ3v) is 5.83. The standard InChI is InChI=1S/C26H27BrClFN4O5/c1-26(2,3)38-25(36)31-20(13-22-30-10-9-23(34)32-22)24(35)33(4)14-15-5-6-16(27)11-21(15)37-17-7-8-19(29)18(28)12-17/h5-12,20H,13-14H2,1-4H3,(H,31,36)(H,30,32,34). The van der Waals surface area contributed by atoms with Gasteiger partial charge in [0.05, 0.1) is 5.02 Å². The van der Waals surface area contributed by atoms with Gasteiger partial charge in [0, 0.05) is 48.4 Å². The number of amides is 2. The van der Waals surface area contributed by atoms with Gasteiger partial charge in [-0.3, -0.25) is 9.59 Å². The number of aromatic amines is 1. The molecular weight excluding hydrogens is 583 g/mol. The van der Waals surface area contributed by atoms with Crippen LogP contribution < -0.4 is 15.6 Å². The maximum Gasteiger partial charge on any atom is 0.408 e. The quantitative estimate of drug-likeness (QED) is 0.363. The predicted octanol–water partition coefficient (Wildman–Crippen LogP) is 5.21. The van der Waals surface area contributed by atoms with Gasteiger partial charge < -0.3 is 24.7 Å². The lowest BCUT2D eigenvalue weighted by molar-refractivity contribution is -0.132. The van der Waals surface area contributed by atoms with Crippen molar-refractivity contribution < 1.29 is 23.5 Å². The van der Waals surface area contributed by atoms with Crippen molar-refractivity contribution in [3.8, 4) is 11.5 Å². The summed E-state index contributed by atoms with van der Waals surface area (Å²) in [4.78, 5) is 45.8. The molecule has 2 amide bonds. The number of benzene rings is 2. The highest BCUT2D eigenvalue weighted by Crippen LogP contribution is 2.31. The Hall–Kier alpha value is -3.44. The number of rotatable bonds is 8. The first-order valence-corrected chi connectivity index (χ1v) is 12.7. The fourth-order valence-corrected chi connectivity index (χ4v) is 3.89. The number of hydrogen-bond donors (Lipinski definition) is 2. The summed E-state index contributed by atoms with van der Waals surface area (Å²) in [7, 11) is 1.56. The van der Waals surface area contributed by atoms with E-state index in [0.717, 1.165) is 4.47 Å². The van der Waals surface area contributed by atoms with E-state index in [9.17, 15) is 18.8 Å². The van der Waals surface area contributed by atoms with Gasteiger partial charge in [-0.1, -0.05) is 33.6 Å². The molecule has 0 saturated carbocycles. The molecule has 0 aliphatic heterocycles. The minimum atomic E-state index is -1.09. The smallest absolute Gasteiger partial charge is 0.408 e. The van der Waals surface area contributed by atoms with Gasteiger partial charge in [-0.25, -0.2) is 14.2 Å². The highest BCUT2D eigenvalue weighted by Gasteiger charge is 2.28. The summed E-state index contributed by atoms with van der Waals surface area (Å²) < 4.78 is 25.6. The van der Waals surface area contributed by atoms with E-state index in [1.807, 2.05) is 0 Å². The lowest BCUT2D eigenvalue weighted by Gasteiger charge is -2.27. The molecule has 1 heterocycles. The van der Waals surface area contributed by atoms with Crippen molar-refractivity contribution in [2.45, 2.75) is 45.4 Å². The summed E-state index contributed by atoms with van der Waals surface area (Å²) in [6.07, 6.45) is 0.458. The first-order chi connectivity index (χ1) is 17.8. The van der Waals surface area contributed by atoms with E-state index in [4.69, 9.17) is 21.1 Å². The van der Waals surface area contributed by atoms with Crippen molar-refractivity contribution in [3.05, 3.63) is 85.7 Å². The van der Waals surface area contributed by atoms with Crippen LogP contribution >= 0.6 is 27.5 Å². The SMILES string of the molecule is CN(Cc1ccc(Br)cc1Oc1ccc(F)c(Cl)c1)C(=O)C(Cc1nccc(=O)[nH]1)NC(=O)OC(C)(C)C. The summed E-state index contributed by atoms with van der Waals surface area (Å²) in [5.74, 6) is -0.0838. The second-order valence-corrected chi connectivity index (χ2v) is 10.7. The molecule has 2 aromatic carbocycles. The molecule has 202 valence electrons. The van der Waals surface area contributed by atoms with E-state index >= 15 is 0 Å². The Balaban J connectivity index is 1.83. The first kappa shape index (κ1) is 29.1. The van der Waals surface area contributed by atoms with Gasteiger partial charge in [0.25, 0.3) is 5.56 Å². The van der Waals surface area contributed by atoms with E-state index in [1.54, 1.807) is 46.0 Å². The fourth-order valence-electron chi connectivity index (χ4n) is 3.38. The average molecular weight is 610 g/mol. The zero-order chi connectivity index (χ0) is 28.0. The summed E-state index contributed by atoms with van der Waals surface area (Å²) in [5.41, 5.74) is -0.536. The van der Waals surface area contributed by atoms with Gasteiger partial charge >= 0.3 is 6.09 Å². The number of likely N-dealkylation sites (N-methyl/N-ethyl adjacent to an activating group) is 1. The Labute approximate surface area is 232 Å². The molecule has 3 aromatic rings. The van der Waals surface area contributed by atoms with Crippen LogP contribution in [0.2, 0.25) is 5.02 Å². The molecule has 1 unspecified atom stereocenters. The van der Waals surface area contributed by atoms with Gasteiger partial charge in [-0.2, -0.15) is 0 Å². The topological polar surface area (TPSA) is 114 Å².